The average Bonchev–Trinajstić information content (AvgIpc) is 2.79. The molecule has 1 rings (SSSR count). The molecule has 1 aromatic carbocycles. The first-order valence-corrected chi connectivity index (χ1v) is 13.9. The molecular weight excluding hydrogens is 407 g/mol. The second kappa shape index (κ2) is 14.1. The molecule has 1 atom stereocenters. The number of nitrogens with zero attached hydrogens (tertiary/aromatic N) is 1. The summed E-state index contributed by atoms with van der Waals surface area (Å²) in [5, 5.41) is 13.3. The largest absolute Gasteiger partial charge is 0.495 e. The van der Waals surface area contributed by atoms with Crippen LogP contribution in [0.15, 0.2) is 24.3 Å². The maximum Gasteiger partial charge on any atom is 0.235 e. The number of rotatable bonds is 14. The van der Waals surface area contributed by atoms with E-state index in [9.17, 15) is 14.9 Å². The van der Waals surface area contributed by atoms with Crippen LogP contribution in [0.5, 0.6) is 5.75 Å². The van der Waals surface area contributed by atoms with Crippen molar-refractivity contribution in [1.82, 2.24) is 0 Å². The first-order chi connectivity index (χ1) is 14.9. The van der Waals surface area contributed by atoms with Crippen molar-refractivity contribution in [2.75, 3.05) is 30.9 Å². The SMILES string of the molecule is CCCCP(CCCC)(CCCC)=C(C#N)C(=O)C(C)C(=O)Nc1ccccc1OC. The smallest absolute Gasteiger partial charge is 0.235 e. The molecule has 172 valence electrons. The Kier molecular flexibility index (Phi) is 12.3. The van der Waals surface area contributed by atoms with Gasteiger partial charge >= 0.3 is 0 Å². The van der Waals surface area contributed by atoms with Crippen LogP contribution in [0.1, 0.15) is 66.2 Å². The van der Waals surface area contributed by atoms with Crippen molar-refractivity contribution < 1.29 is 14.3 Å². The lowest BCUT2D eigenvalue weighted by Crippen LogP contribution is -2.33. The standard InChI is InChI=1S/C25H39N2O3P/c1-6-9-16-31(17-10-7-2,18-11-8-3)23(19-26)24(28)20(4)25(29)27-21-14-12-13-15-22(21)30-5/h12-15,20H,6-11,16-18H2,1-5H3,(H,27,29). The minimum Gasteiger partial charge on any atom is -0.495 e. The van der Waals surface area contributed by atoms with Gasteiger partial charge in [0.25, 0.3) is 0 Å². The topological polar surface area (TPSA) is 79.2 Å². The highest BCUT2D eigenvalue weighted by molar-refractivity contribution is 7.78. The van der Waals surface area contributed by atoms with Gasteiger partial charge in [0, 0.05) is 0 Å². The van der Waals surface area contributed by atoms with Crippen LogP contribution in [0.4, 0.5) is 5.69 Å². The molecule has 1 amide bonds. The summed E-state index contributed by atoms with van der Waals surface area (Å²) in [6, 6.07) is 9.42. The minimum absolute atomic E-state index is 0.299. The van der Waals surface area contributed by atoms with Gasteiger partial charge < -0.3 is 10.1 Å². The van der Waals surface area contributed by atoms with Gasteiger partial charge in [-0.2, -0.15) is 5.26 Å². The van der Waals surface area contributed by atoms with E-state index in [1.165, 1.54) is 7.11 Å². The number of methoxy groups -OCH3 is 1. The summed E-state index contributed by atoms with van der Waals surface area (Å²) >= 11 is 0. The number of benzene rings is 1. The maximum absolute atomic E-state index is 13.5. The number of amides is 1. The van der Waals surface area contributed by atoms with Gasteiger partial charge in [-0.15, -0.1) is 0 Å². The van der Waals surface area contributed by atoms with Crippen molar-refractivity contribution in [3.8, 4) is 11.8 Å². The molecule has 0 aromatic heterocycles. The zero-order valence-electron chi connectivity index (χ0n) is 19.9. The third kappa shape index (κ3) is 7.54. The van der Waals surface area contributed by atoms with Gasteiger partial charge in [-0.25, -0.2) is 0 Å². The Labute approximate surface area is 188 Å². The molecule has 31 heavy (non-hydrogen) atoms. The zero-order valence-corrected chi connectivity index (χ0v) is 20.8. The molecule has 0 fully saturated rings. The normalized spacial score (nSPS) is 12.0. The van der Waals surface area contributed by atoms with Crippen molar-refractivity contribution in [3.63, 3.8) is 0 Å². The molecule has 0 bridgehead atoms. The number of nitrogens with one attached hydrogen (secondary N) is 1. The number of ketones is 1. The zero-order chi connectivity index (χ0) is 23.3. The van der Waals surface area contributed by atoms with Crippen LogP contribution in [-0.4, -0.2) is 42.6 Å². The quantitative estimate of drug-likeness (QED) is 0.283. The van der Waals surface area contributed by atoms with E-state index in [4.69, 9.17) is 4.74 Å². The predicted molar refractivity (Wildman–Crippen MR) is 133 cm³/mol. The van der Waals surface area contributed by atoms with Gasteiger partial charge in [-0.3, -0.25) is 9.59 Å². The Bertz CT molecular complexity index is 798. The van der Waals surface area contributed by atoms with Crippen LogP contribution in [-0.2, 0) is 9.59 Å². The molecular formula is C25H39N2O3P. The summed E-state index contributed by atoms with van der Waals surface area (Å²) in [6.07, 6.45) is 8.95. The van der Waals surface area contributed by atoms with Crippen molar-refractivity contribution in [3.05, 3.63) is 24.3 Å². The summed E-state index contributed by atoms with van der Waals surface area (Å²) < 4.78 is 5.29. The first-order valence-electron chi connectivity index (χ1n) is 11.5. The number of carbonyl (C=O) groups excluding carboxylic acids is 2. The highest BCUT2D eigenvalue weighted by Gasteiger charge is 2.32. The van der Waals surface area contributed by atoms with E-state index in [0.29, 0.717) is 16.7 Å². The van der Waals surface area contributed by atoms with E-state index in [1.54, 1.807) is 25.1 Å². The van der Waals surface area contributed by atoms with Crippen LogP contribution in [0.2, 0.25) is 0 Å². The molecule has 1 N–H and O–H groups in total. The number of nitriles is 1. The van der Waals surface area contributed by atoms with Gasteiger partial charge in [0.05, 0.1) is 24.0 Å². The molecule has 0 spiro atoms. The summed E-state index contributed by atoms with van der Waals surface area (Å²) in [5.74, 6) is -1.08. The molecule has 6 heteroatoms. The van der Waals surface area contributed by atoms with Gasteiger partial charge in [-0.05, 0) is 56.8 Å². The predicted octanol–water partition coefficient (Wildman–Crippen LogP) is 5.95. The fraction of sp³-hybridized carbons (Fsp3) is 0.600. The summed E-state index contributed by atoms with van der Waals surface area (Å²) in [6.45, 7) is 6.14. The van der Waals surface area contributed by atoms with E-state index >= 15 is 0 Å². The lowest BCUT2D eigenvalue weighted by Gasteiger charge is -2.29. The number of para-hydroxylation sites is 2. The Morgan fingerprint density at radius 1 is 1.03 bits per heavy atom. The van der Waals surface area contributed by atoms with Gasteiger partial charge in [0.1, 0.15) is 11.8 Å². The molecule has 0 saturated carbocycles. The Balaban J connectivity index is 3.32. The monoisotopic (exact) mass is 446 g/mol. The second-order valence-electron chi connectivity index (χ2n) is 8.11. The molecule has 0 aliphatic rings. The summed E-state index contributed by atoms with van der Waals surface area (Å²) in [4.78, 5) is 26.4. The highest BCUT2D eigenvalue weighted by atomic mass is 31.2. The van der Waals surface area contributed by atoms with E-state index in [2.05, 4.69) is 32.2 Å². The molecule has 0 aliphatic heterocycles. The van der Waals surface area contributed by atoms with Gasteiger partial charge in [0.15, 0.2) is 5.78 Å². The Hall–Kier alpha value is -2.05. The molecule has 5 nitrogen and oxygen atoms in total. The van der Waals surface area contributed by atoms with Crippen molar-refractivity contribution in [2.45, 2.75) is 66.2 Å². The fourth-order valence-corrected chi connectivity index (χ4v) is 8.74. The number of carbonyl (C=O) groups is 2. The van der Waals surface area contributed by atoms with Crippen LogP contribution in [0.25, 0.3) is 0 Å². The fourth-order valence-electron chi connectivity index (χ4n) is 3.76. The molecule has 0 radical (unpaired) electrons. The van der Waals surface area contributed by atoms with Gasteiger partial charge in [0.2, 0.25) is 5.91 Å². The number of unbranched alkanes of at least 4 members (excludes halogenated alkanes) is 3. The first kappa shape index (κ1) is 27.0. The number of ether oxygens (including phenoxy) is 1. The lowest BCUT2D eigenvalue weighted by molar-refractivity contribution is -0.126. The minimum atomic E-state index is -1.90. The summed E-state index contributed by atoms with van der Waals surface area (Å²) in [5.41, 5.74) is 0.525. The van der Waals surface area contributed by atoms with Crippen LogP contribution in [0.3, 0.4) is 0 Å². The molecule has 1 unspecified atom stereocenters. The molecule has 0 aliphatic carbocycles. The number of hydrogen-bond donors (Lipinski definition) is 1. The summed E-state index contributed by atoms with van der Waals surface area (Å²) in [7, 11) is 1.54. The Morgan fingerprint density at radius 3 is 2.00 bits per heavy atom. The van der Waals surface area contributed by atoms with E-state index in [1.807, 2.05) is 6.07 Å². The lowest BCUT2D eigenvalue weighted by atomic mass is 10.0. The molecule has 0 heterocycles. The molecule has 1 aromatic rings. The average molecular weight is 447 g/mol. The van der Waals surface area contributed by atoms with Crippen molar-refractivity contribution >= 4 is 29.6 Å². The van der Waals surface area contributed by atoms with Crippen molar-refractivity contribution in [1.29, 1.82) is 5.26 Å². The Morgan fingerprint density at radius 2 is 1.55 bits per heavy atom. The second-order valence-corrected chi connectivity index (χ2v) is 12.2. The number of Topliss-reactive ketones (excluding diaryl/α,β-unsaturated/α-hetero) is 1. The van der Waals surface area contributed by atoms with E-state index < -0.39 is 18.7 Å². The molecule has 0 saturated heterocycles. The maximum atomic E-state index is 13.5. The van der Waals surface area contributed by atoms with Gasteiger partial charge in [-0.1, -0.05) is 59.1 Å². The van der Waals surface area contributed by atoms with E-state index in [-0.39, 0.29) is 5.78 Å². The van der Waals surface area contributed by atoms with Crippen LogP contribution >= 0.6 is 6.89 Å². The van der Waals surface area contributed by atoms with Crippen molar-refractivity contribution in [2.24, 2.45) is 5.92 Å². The van der Waals surface area contributed by atoms with E-state index in [0.717, 1.165) is 57.0 Å². The third-order valence-corrected chi connectivity index (χ3v) is 10.6. The number of anilines is 1. The number of hydrogen-bond acceptors (Lipinski definition) is 4. The highest BCUT2D eigenvalue weighted by Crippen LogP contribution is 2.52. The van der Waals surface area contributed by atoms with Crippen LogP contribution < -0.4 is 10.1 Å². The third-order valence-electron chi connectivity index (χ3n) is 5.78. The van der Waals surface area contributed by atoms with Crippen LogP contribution in [0, 0.1) is 17.2 Å².